The van der Waals surface area contributed by atoms with Gasteiger partial charge in [0.1, 0.15) is 16.9 Å². The molecule has 10 nitrogen and oxygen atoms in total. The third kappa shape index (κ3) is 3.72. The fourth-order valence-electron chi connectivity index (χ4n) is 4.60. The number of carbonyl (C=O) groups is 3. The minimum Gasteiger partial charge on any atom is -0.457 e. The molecule has 4 aromatic rings. The predicted octanol–water partition coefficient (Wildman–Crippen LogP) is 2.23. The van der Waals surface area contributed by atoms with Crippen molar-refractivity contribution in [1.29, 1.82) is 0 Å². The van der Waals surface area contributed by atoms with Gasteiger partial charge in [-0.2, -0.15) is 5.10 Å². The van der Waals surface area contributed by atoms with E-state index in [0.717, 1.165) is 11.1 Å². The van der Waals surface area contributed by atoms with E-state index in [9.17, 15) is 14.4 Å². The lowest BCUT2D eigenvalue weighted by atomic mass is 9.97. The smallest absolute Gasteiger partial charge is 0.251 e. The summed E-state index contributed by atoms with van der Waals surface area (Å²) in [5.41, 5.74) is 12.9. The molecule has 2 aromatic carbocycles. The number of carbonyl (C=O) groups excluding carboxylic acids is 3. The predicted molar refractivity (Wildman–Crippen MR) is 132 cm³/mol. The number of aryl methyl sites for hydroxylation is 1. The molecule has 1 aliphatic rings. The van der Waals surface area contributed by atoms with Crippen LogP contribution in [0.4, 0.5) is 0 Å². The molecule has 0 saturated heterocycles. The first kappa shape index (κ1) is 23.0. The van der Waals surface area contributed by atoms with Crippen LogP contribution < -0.4 is 21.5 Å². The first-order chi connectivity index (χ1) is 17.2. The lowest BCUT2D eigenvalue weighted by Crippen LogP contribution is -2.38. The number of hydrogen-bond acceptors (Lipinski definition) is 6. The van der Waals surface area contributed by atoms with Gasteiger partial charge in [-0.15, -0.1) is 0 Å². The Hall–Kier alpha value is -4.73. The molecule has 3 amide bonds. The summed E-state index contributed by atoms with van der Waals surface area (Å²) in [6.45, 7) is 0. The molecule has 5 rings (SSSR count). The second kappa shape index (κ2) is 8.49. The van der Waals surface area contributed by atoms with Crippen molar-refractivity contribution in [2.45, 2.75) is 12.3 Å². The van der Waals surface area contributed by atoms with Crippen molar-refractivity contribution in [3.05, 3.63) is 72.2 Å². The van der Waals surface area contributed by atoms with Gasteiger partial charge < -0.3 is 21.5 Å². The van der Waals surface area contributed by atoms with Gasteiger partial charge in [-0.25, -0.2) is 0 Å². The average molecular weight is 485 g/mol. The van der Waals surface area contributed by atoms with Crippen LogP contribution in [0, 0.1) is 5.41 Å². The highest BCUT2D eigenvalue weighted by atomic mass is 16.5. The SMILES string of the molecule is CNC(=O)c1cc2c(Oc3ccc(C4CC4(C(N)=O)C(N)=O)cc3)ccnc2cc1-c1cnn(C)c1. The Morgan fingerprint density at radius 1 is 1.11 bits per heavy atom. The van der Waals surface area contributed by atoms with Gasteiger partial charge in [0.2, 0.25) is 11.8 Å². The Kier molecular flexibility index (Phi) is 5.43. The summed E-state index contributed by atoms with van der Waals surface area (Å²) in [7, 11) is 3.39. The minimum absolute atomic E-state index is 0.244. The minimum atomic E-state index is -1.33. The van der Waals surface area contributed by atoms with E-state index in [2.05, 4.69) is 15.4 Å². The Morgan fingerprint density at radius 2 is 1.83 bits per heavy atom. The van der Waals surface area contributed by atoms with Crippen molar-refractivity contribution < 1.29 is 19.1 Å². The third-order valence-corrected chi connectivity index (χ3v) is 6.68. The van der Waals surface area contributed by atoms with Gasteiger partial charge in [-0.3, -0.25) is 24.0 Å². The van der Waals surface area contributed by atoms with Crippen LogP contribution >= 0.6 is 0 Å². The van der Waals surface area contributed by atoms with Crippen molar-refractivity contribution in [1.82, 2.24) is 20.1 Å². The lowest BCUT2D eigenvalue weighted by molar-refractivity contribution is -0.133. The summed E-state index contributed by atoms with van der Waals surface area (Å²) < 4.78 is 7.81. The monoisotopic (exact) mass is 484 g/mol. The lowest BCUT2D eigenvalue weighted by Gasteiger charge is -2.13. The van der Waals surface area contributed by atoms with E-state index in [0.29, 0.717) is 39.9 Å². The molecular weight excluding hydrogens is 460 g/mol. The summed E-state index contributed by atoms with van der Waals surface area (Å²) in [4.78, 5) is 40.8. The number of amides is 3. The maximum atomic E-state index is 12.7. The Morgan fingerprint density at radius 3 is 2.42 bits per heavy atom. The number of nitrogens with one attached hydrogen (secondary N) is 1. The van der Waals surface area contributed by atoms with E-state index >= 15 is 0 Å². The maximum absolute atomic E-state index is 12.7. The standard InChI is InChI=1S/C26H24N6O4/c1-29-23(33)18-9-19-21(10-17(18)15-12-31-32(2)13-15)30-8-7-22(19)36-16-5-3-14(4-6-16)20-11-26(20,24(27)34)25(28)35/h3-10,12-13,20H,11H2,1-2H3,(H2,27,34)(H2,28,35)(H,29,33). The van der Waals surface area contributed by atoms with Gasteiger partial charge in [-0.1, -0.05) is 12.1 Å². The molecular formula is C26H24N6O4. The van der Waals surface area contributed by atoms with Crippen LogP contribution in [0.5, 0.6) is 11.5 Å². The van der Waals surface area contributed by atoms with Gasteiger partial charge in [0, 0.05) is 48.9 Å². The summed E-state index contributed by atoms with van der Waals surface area (Å²) in [5, 5.41) is 7.56. The highest BCUT2D eigenvalue weighted by Crippen LogP contribution is 2.59. The number of hydrogen-bond donors (Lipinski definition) is 3. The second-order valence-electron chi connectivity index (χ2n) is 8.83. The van der Waals surface area contributed by atoms with E-state index in [1.54, 1.807) is 60.5 Å². The molecule has 182 valence electrons. The summed E-state index contributed by atoms with van der Waals surface area (Å²) in [6.07, 6.45) is 5.46. The number of fused-ring (bicyclic) bond motifs is 1. The van der Waals surface area contributed by atoms with Gasteiger partial charge in [0.25, 0.3) is 5.91 Å². The zero-order valence-corrected chi connectivity index (χ0v) is 19.7. The number of primary amides is 2. The summed E-state index contributed by atoms with van der Waals surface area (Å²) in [6, 6.07) is 12.4. The van der Waals surface area contributed by atoms with Crippen molar-refractivity contribution >= 4 is 28.6 Å². The number of aromatic nitrogens is 3. The van der Waals surface area contributed by atoms with Gasteiger partial charge in [0.05, 0.1) is 11.7 Å². The number of nitrogens with zero attached hydrogens (tertiary/aromatic N) is 3. The molecule has 0 radical (unpaired) electrons. The zero-order valence-electron chi connectivity index (χ0n) is 19.7. The van der Waals surface area contributed by atoms with Crippen LogP contribution in [0.25, 0.3) is 22.0 Å². The molecule has 1 atom stereocenters. The van der Waals surface area contributed by atoms with Crippen molar-refractivity contribution in [3.63, 3.8) is 0 Å². The van der Waals surface area contributed by atoms with Gasteiger partial charge in [0.15, 0.2) is 0 Å². The van der Waals surface area contributed by atoms with Crippen LogP contribution in [0.15, 0.2) is 61.1 Å². The molecule has 0 bridgehead atoms. The third-order valence-electron chi connectivity index (χ3n) is 6.68. The molecule has 2 aromatic heterocycles. The Labute approximate surface area is 206 Å². The fraction of sp³-hybridized carbons (Fsp3) is 0.192. The quantitative estimate of drug-likeness (QED) is 0.342. The molecule has 0 aliphatic heterocycles. The number of benzene rings is 2. The van der Waals surface area contributed by atoms with Crippen LogP contribution in [-0.2, 0) is 16.6 Å². The van der Waals surface area contributed by atoms with Gasteiger partial charge in [-0.05, 0) is 47.9 Å². The normalized spacial score (nSPS) is 15.9. The summed E-state index contributed by atoms with van der Waals surface area (Å²) >= 11 is 0. The van der Waals surface area contributed by atoms with Crippen LogP contribution in [0.2, 0.25) is 0 Å². The number of pyridine rings is 1. The number of nitrogens with two attached hydrogens (primary N) is 2. The number of rotatable bonds is 7. The number of ether oxygens (including phenoxy) is 1. The topological polar surface area (TPSA) is 155 Å². The molecule has 2 heterocycles. The zero-order chi connectivity index (χ0) is 25.6. The van der Waals surface area contributed by atoms with E-state index in [-0.39, 0.29) is 11.8 Å². The van der Waals surface area contributed by atoms with E-state index in [1.165, 1.54) is 0 Å². The van der Waals surface area contributed by atoms with E-state index in [4.69, 9.17) is 16.2 Å². The van der Waals surface area contributed by atoms with Crippen molar-refractivity contribution in [3.8, 4) is 22.6 Å². The second-order valence-corrected chi connectivity index (χ2v) is 8.83. The first-order valence-corrected chi connectivity index (χ1v) is 11.3. The first-order valence-electron chi connectivity index (χ1n) is 11.3. The molecule has 1 saturated carbocycles. The maximum Gasteiger partial charge on any atom is 0.251 e. The molecule has 5 N–H and O–H groups in total. The van der Waals surface area contributed by atoms with Crippen LogP contribution in [0.1, 0.15) is 28.3 Å². The Balaban J connectivity index is 1.48. The fourth-order valence-corrected chi connectivity index (χ4v) is 4.60. The van der Waals surface area contributed by atoms with Crippen molar-refractivity contribution in [2.75, 3.05) is 7.05 Å². The average Bonchev–Trinajstić information content (AvgIpc) is 3.51. The highest BCUT2D eigenvalue weighted by molar-refractivity contribution is 6.08. The van der Waals surface area contributed by atoms with Crippen molar-refractivity contribution in [2.24, 2.45) is 23.9 Å². The molecule has 0 spiro atoms. The van der Waals surface area contributed by atoms with E-state index in [1.807, 2.05) is 19.3 Å². The van der Waals surface area contributed by atoms with Crippen LogP contribution in [0.3, 0.4) is 0 Å². The molecule has 1 fully saturated rings. The van der Waals surface area contributed by atoms with E-state index < -0.39 is 17.2 Å². The molecule has 36 heavy (non-hydrogen) atoms. The largest absolute Gasteiger partial charge is 0.457 e. The highest BCUT2D eigenvalue weighted by Gasteiger charge is 2.64. The molecule has 10 heteroatoms. The van der Waals surface area contributed by atoms with Gasteiger partial charge >= 0.3 is 0 Å². The summed E-state index contributed by atoms with van der Waals surface area (Å²) in [5.74, 6) is -0.947. The molecule has 1 aliphatic carbocycles. The Bertz CT molecular complexity index is 1510. The van der Waals surface area contributed by atoms with Crippen LogP contribution in [-0.4, -0.2) is 39.5 Å². The molecule has 1 unspecified atom stereocenters.